The molecule has 2 N–H and O–H groups in total. The van der Waals surface area contributed by atoms with Gasteiger partial charge in [-0.25, -0.2) is 9.59 Å². The first kappa shape index (κ1) is 22.8. The number of carboxylic acid groups (broad SMARTS) is 1. The lowest BCUT2D eigenvalue weighted by molar-refractivity contribution is -0.139. The summed E-state index contributed by atoms with van der Waals surface area (Å²) in [6.45, 7) is 3.13. The fraction of sp³-hybridized carbons (Fsp3) is 0.423. The normalized spacial score (nSPS) is 16.6. The highest BCUT2D eigenvalue weighted by molar-refractivity contribution is 5.81. The number of hydrogen-bond acceptors (Lipinski definition) is 4. The van der Waals surface area contributed by atoms with E-state index in [2.05, 4.69) is 17.4 Å². The van der Waals surface area contributed by atoms with Crippen molar-refractivity contribution in [3.05, 3.63) is 59.7 Å². The Morgan fingerprint density at radius 2 is 1.61 bits per heavy atom. The van der Waals surface area contributed by atoms with Gasteiger partial charge in [0.2, 0.25) is 5.91 Å². The predicted octanol–water partition coefficient (Wildman–Crippen LogP) is 4.02. The number of rotatable bonds is 7. The molecular weight excluding hydrogens is 420 g/mol. The molecule has 33 heavy (non-hydrogen) atoms. The minimum Gasteiger partial charge on any atom is -0.480 e. The second kappa shape index (κ2) is 10.1. The largest absolute Gasteiger partial charge is 0.480 e. The van der Waals surface area contributed by atoms with Crippen molar-refractivity contribution in [3.63, 3.8) is 0 Å². The molecule has 174 valence electrons. The number of nitrogens with zero attached hydrogens (tertiary/aromatic N) is 1. The van der Waals surface area contributed by atoms with Gasteiger partial charge in [0.1, 0.15) is 12.6 Å². The number of likely N-dealkylation sites (tertiary alicyclic amines) is 1. The van der Waals surface area contributed by atoms with E-state index in [1.165, 1.54) is 0 Å². The monoisotopic (exact) mass is 450 g/mol. The highest BCUT2D eigenvalue weighted by Crippen LogP contribution is 2.44. The molecule has 0 aromatic heterocycles. The van der Waals surface area contributed by atoms with E-state index in [1.807, 2.05) is 41.3 Å². The molecule has 2 amide bonds. The van der Waals surface area contributed by atoms with Crippen LogP contribution in [0.15, 0.2) is 48.5 Å². The van der Waals surface area contributed by atoms with E-state index >= 15 is 0 Å². The van der Waals surface area contributed by atoms with E-state index in [1.54, 1.807) is 6.92 Å². The number of ether oxygens (including phenoxy) is 1. The van der Waals surface area contributed by atoms with Crippen molar-refractivity contribution < 1.29 is 24.2 Å². The van der Waals surface area contributed by atoms with Crippen LogP contribution in [0.4, 0.5) is 4.79 Å². The number of aliphatic carboxylic acids is 1. The Balaban J connectivity index is 1.30. The fourth-order valence-corrected chi connectivity index (χ4v) is 4.98. The van der Waals surface area contributed by atoms with Crippen LogP contribution in [0, 0.1) is 5.92 Å². The summed E-state index contributed by atoms with van der Waals surface area (Å²) in [5, 5.41) is 12.1. The molecule has 1 aliphatic heterocycles. The molecule has 4 rings (SSSR count). The number of benzene rings is 2. The van der Waals surface area contributed by atoms with Gasteiger partial charge in [0.05, 0.1) is 0 Å². The molecule has 2 aromatic rings. The average Bonchev–Trinajstić information content (AvgIpc) is 3.14. The van der Waals surface area contributed by atoms with Gasteiger partial charge in [-0.3, -0.25) is 4.79 Å². The van der Waals surface area contributed by atoms with Crippen molar-refractivity contribution in [1.82, 2.24) is 10.2 Å². The third-order valence-corrected chi connectivity index (χ3v) is 6.86. The molecule has 1 atom stereocenters. The Morgan fingerprint density at radius 1 is 1.03 bits per heavy atom. The van der Waals surface area contributed by atoms with Crippen LogP contribution in [0.25, 0.3) is 11.1 Å². The Kier molecular flexibility index (Phi) is 6.96. The third kappa shape index (κ3) is 5.18. The molecule has 1 heterocycles. The summed E-state index contributed by atoms with van der Waals surface area (Å²) in [6, 6.07) is 15.1. The highest BCUT2D eigenvalue weighted by atomic mass is 16.5. The summed E-state index contributed by atoms with van der Waals surface area (Å²) in [5.41, 5.74) is 4.50. The maximum absolute atomic E-state index is 12.5. The van der Waals surface area contributed by atoms with Crippen molar-refractivity contribution in [1.29, 1.82) is 0 Å². The zero-order valence-corrected chi connectivity index (χ0v) is 18.8. The first-order valence-electron chi connectivity index (χ1n) is 11.5. The third-order valence-electron chi connectivity index (χ3n) is 6.86. The van der Waals surface area contributed by atoms with Gasteiger partial charge in [0, 0.05) is 25.9 Å². The Morgan fingerprint density at radius 3 is 2.15 bits per heavy atom. The molecule has 2 aliphatic rings. The second-order valence-corrected chi connectivity index (χ2v) is 8.89. The van der Waals surface area contributed by atoms with E-state index in [-0.39, 0.29) is 18.4 Å². The smallest absolute Gasteiger partial charge is 0.407 e. The van der Waals surface area contributed by atoms with E-state index < -0.39 is 18.1 Å². The number of piperidine rings is 1. The number of hydrogen-bond donors (Lipinski definition) is 2. The fourth-order valence-electron chi connectivity index (χ4n) is 4.98. The Labute approximate surface area is 193 Å². The summed E-state index contributed by atoms with van der Waals surface area (Å²) >= 11 is 0. The standard InChI is InChI=1S/C26H30N2O5/c1-17(29)28-14-12-18(13-15-28)10-11-24(25(30)31)27-26(32)33-16-23-21-8-4-2-6-19(21)20-7-3-5-9-22(20)23/h2-9,18,23-24H,10-16H2,1H3,(H,27,32)(H,30,31)/t24-/m1/s1. The van der Waals surface area contributed by atoms with E-state index in [0.717, 1.165) is 35.1 Å². The van der Waals surface area contributed by atoms with Crippen LogP contribution < -0.4 is 5.32 Å². The molecule has 1 aliphatic carbocycles. The molecule has 1 fully saturated rings. The number of amides is 2. The van der Waals surface area contributed by atoms with Gasteiger partial charge < -0.3 is 20.1 Å². The van der Waals surface area contributed by atoms with Gasteiger partial charge in [-0.15, -0.1) is 0 Å². The molecule has 7 nitrogen and oxygen atoms in total. The molecule has 0 bridgehead atoms. The van der Waals surface area contributed by atoms with Crippen molar-refractivity contribution >= 4 is 18.0 Å². The van der Waals surface area contributed by atoms with Crippen LogP contribution in [0.3, 0.4) is 0 Å². The van der Waals surface area contributed by atoms with Crippen LogP contribution in [-0.4, -0.2) is 53.7 Å². The first-order valence-corrected chi connectivity index (χ1v) is 11.5. The molecule has 0 saturated carbocycles. The maximum Gasteiger partial charge on any atom is 0.407 e. The first-order chi connectivity index (χ1) is 15.9. The zero-order chi connectivity index (χ0) is 23.4. The predicted molar refractivity (Wildman–Crippen MR) is 124 cm³/mol. The molecule has 0 radical (unpaired) electrons. The summed E-state index contributed by atoms with van der Waals surface area (Å²) in [6.07, 6.45) is 2.03. The van der Waals surface area contributed by atoms with Crippen molar-refractivity contribution in [2.24, 2.45) is 5.92 Å². The van der Waals surface area contributed by atoms with Gasteiger partial charge in [0.15, 0.2) is 0 Å². The average molecular weight is 451 g/mol. The number of carbonyl (C=O) groups is 3. The minimum atomic E-state index is -1.07. The lowest BCUT2D eigenvalue weighted by Gasteiger charge is -2.31. The summed E-state index contributed by atoms with van der Waals surface area (Å²) in [5.74, 6) is -0.705. The lowest BCUT2D eigenvalue weighted by atomic mass is 9.90. The zero-order valence-electron chi connectivity index (χ0n) is 18.8. The lowest BCUT2D eigenvalue weighted by Crippen LogP contribution is -2.42. The molecular formula is C26H30N2O5. The minimum absolute atomic E-state index is 0.0714. The quantitative estimate of drug-likeness (QED) is 0.664. The molecule has 1 saturated heterocycles. The van der Waals surface area contributed by atoms with Crippen LogP contribution in [0.1, 0.15) is 49.7 Å². The maximum atomic E-state index is 12.5. The number of nitrogens with one attached hydrogen (secondary N) is 1. The van der Waals surface area contributed by atoms with Gasteiger partial charge in [-0.2, -0.15) is 0 Å². The van der Waals surface area contributed by atoms with Crippen LogP contribution >= 0.6 is 0 Å². The van der Waals surface area contributed by atoms with Crippen LogP contribution in [0.2, 0.25) is 0 Å². The van der Waals surface area contributed by atoms with Crippen LogP contribution in [0.5, 0.6) is 0 Å². The Hall–Kier alpha value is -3.35. The van der Waals surface area contributed by atoms with Gasteiger partial charge in [-0.1, -0.05) is 48.5 Å². The number of alkyl carbamates (subject to hydrolysis) is 1. The van der Waals surface area contributed by atoms with E-state index in [0.29, 0.717) is 31.8 Å². The second-order valence-electron chi connectivity index (χ2n) is 8.89. The number of carbonyl (C=O) groups excluding carboxylic acids is 2. The Bertz CT molecular complexity index is 983. The van der Waals surface area contributed by atoms with Gasteiger partial charge >= 0.3 is 12.1 Å². The number of fused-ring (bicyclic) bond motifs is 3. The molecule has 0 spiro atoms. The molecule has 0 unspecified atom stereocenters. The van der Waals surface area contributed by atoms with E-state index in [9.17, 15) is 19.5 Å². The number of carboxylic acids is 1. The summed E-state index contributed by atoms with van der Waals surface area (Å²) in [7, 11) is 0. The highest BCUT2D eigenvalue weighted by Gasteiger charge is 2.30. The SMILES string of the molecule is CC(=O)N1CCC(CC[C@@H](NC(=O)OCC2c3ccccc3-c3ccccc32)C(=O)O)CC1. The molecule has 2 aromatic carbocycles. The van der Waals surface area contributed by atoms with E-state index in [4.69, 9.17) is 4.74 Å². The van der Waals surface area contributed by atoms with Gasteiger partial charge in [0.25, 0.3) is 0 Å². The summed E-state index contributed by atoms with van der Waals surface area (Å²) in [4.78, 5) is 37.5. The molecule has 7 heteroatoms. The van der Waals surface area contributed by atoms with Crippen molar-refractivity contribution in [2.45, 2.75) is 44.6 Å². The van der Waals surface area contributed by atoms with Gasteiger partial charge in [-0.05, 0) is 53.9 Å². The summed E-state index contributed by atoms with van der Waals surface area (Å²) < 4.78 is 5.50. The van der Waals surface area contributed by atoms with Crippen LogP contribution in [-0.2, 0) is 14.3 Å². The van der Waals surface area contributed by atoms with Crippen molar-refractivity contribution in [3.8, 4) is 11.1 Å². The van der Waals surface area contributed by atoms with Crippen molar-refractivity contribution in [2.75, 3.05) is 19.7 Å². The topological polar surface area (TPSA) is 95.9 Å².